The molecule has 0 amide bonds. The summed E-state index contributed by atoms with van der Waals surface area (Å²) in [4.78, 5) is 4.30. The highest BCUT2D eigenvalue weighted by Gasteiger charge is 2.18. The molecule has 0 saturated heterocycles. The van der Waals surface area contributed by atoms with Crippen molar-refractivity contribution in [2.45, 2.75) is 38.6 Å². The summed E-state index contributed by atoms with van der Waals surface area (Å²) in [5.74, 6) is 0. The van der Waals surface area contributed by atoms with Gasteiger partial charge in [0.1, 0.15) is 0 Å². The number of hydrogen-bond donors (Lipinski definition) is 0. The Morgan fingerprint density at radius 1 is 1.64 bits per heavy atom. The minimum absolute atomic E-state index is 0.766. The van der Waals surface area contributed by atoms with E-state index < -0.39 is 0 Å². The number of rotatable bonds is 2. The molecule has 1 aromatic heterocycles. The van der Waals surface area contributed by atoms with Crippen molar-refractivity contribution in [3.8, 4) is 0 Å². The van der Waals surface area contributed by atoms with Crippen LogP contribution >= 0.6 is 0 Å². The van der Waals surface area contributed by atoms with Gasteiger partial charge in [-0.1, -0.05) is 6.92 Å². The van der Waals surface area contributed by atoms with Crippen LogP contribution in [0.15, 0.2) is 12.5 Å². The van der Waals surface area contributed by atoms with Gasteiger partial charge in [-0.05, 0) is 25.7 Å². The van der Waals surface area contributed by atoms with Gasteiger partial charge in [-0.2, -0.15) is 0 Å². The van der Waals surface area contributed by atoms with E-state index in [1.807, 2.05) is 6.33 Å². The van der Waals surface area contributed by atoms with Gasteiger partial charge in [0.15, 0.2) is 0 Å². The van der Waals surface area contributed by atoms with E-state index in [-0.39, 0.29) is 0 Å². The van der Waals surface area contributed by atoms with Crippen LogP contribution in [-0.4, -0.2) is 9.55 Å². The van der Waals surface area contributed by atoms with Gasteiger partial charge in [-0.25, -0.2) is 4.98 Å². The lowest BCUT2D eigenvalue weighted by molar-refractivity contribution is 0.313. The molecule has 1 aromatic rings. The third-order valence-corrected chi connectivity index (χ3v) is 2.51. The lowest BCUT2D eigenvalue weighted by Gasteiger charge is -2.26. The van der Waals surface area contributed by atoms with Crippen LogP contribution in [0.1, 0.15) is 37.9 Å². The molecule has 2 heteroatoms. The first-order chi connectivity index (χ1) is 5.40. The second-order valence-electron chi connectivity index (χ2n) is 3.25. The maximum Gasteiger partial charge on any atom is 0.0951 e. The van der Waals surface area contributed by atoms with Gasteiger partial charge in [0, 0.05) is 12.2 Å². The SMILES string of the molecule is CCc1cn(C2CCC2)cn1. The molecule has 1 aliphatic rings. The maximum absolute atomic E-state index is 4.30. The molecule has 1 fully saturated rings. The van der Waals surface area contributed by atoms with Crippen molar-refractivity contribution in [2.75, 3.05) is 0 Å². The summed E-state index contributed by atoms with van der Waals surface area (Å²) in [6.45, 7) is 2.15. The Morgan fingerprint density at radius 3 is 2.91 bits per heavy atom. The molecule has 0 atom stereocenters. The minimum Gasteiger partial charge on any atom is -0.334 e. The summed E-state index contributed by atoms with van der Waals surface area (Å²) in [5.41, 5.74) is 1.22. The third-order valence-electron chi connectivity index (χ3n) is 2.51. The number of aromatic nitrogens is 2. The molecule has 0 bridgehead atoms. The Morgan fingerprint density at radius 2 is 2.45 bits per heavy atom. The largest absolute Gasteiger partial charge is 0.334 e. The highest BCUT2D eigenvalue weighted by Crippen LogP contribution is 2.31. The molecule has 0 N–H and O–H groups in total. The quantitative estimate of drug-likeness (QED) is 0.631. The molecule has 60 valence electrons. The Bertz CT molecular complexity index is 235. The standard InChI is InChI=1S/C9H14N2/c1-2-8-6-11(7-10-8)9-4-3-5-9/h6-7,9H,2-5H2,1H3. The lowest BCUT2D eigenvalue weighted by atomic mass is 9.93. The summed E-state index contributed by atoms with van der Waals surface area (Å²) in [6.07, 6.45) is 9.30. The predicted octanol–water partition coefficient (Wildman–Crippen LogP) is 2.17. The molecule has 1 aliphatic carbocycles. The van der Waals surface area contributed by atoms with E-state index in [1.54, 1.807) is 0 Å². The van der Waals surface area contributed by atoms with Gasteiger partial charge in [-0.3, -0.25) is 0 Å². The Kier molecular flexibility index (Phi) is 1.68. The summed E-state index contributed by atoms with van der Waals surface area (Å²) < 4.78 is 2.27. The molecule has 0 unspecified atom stereocenters. The first-order valence-corrected chi connectivity index (χ1v) is 4.42. The second kappa shape index (κ2) is 2.68. The summed E-state index contributed by atoms with van der Waals surface area (Å²) >= 11 is 0. The average Bonchev–Trinajstić information content (AvgIpc) is 2.32. The number of nitrogens with zero attached hydrogens (tertiary/aromatic N) is 2. The van der Waals surface area contributed by atoms with Gasteiger partial charge in [0.25, 0.3) is 0 Å². The van der Waals surface area contributed by atoms with E-state index in [9.17, 15) is 0 Å². The smallest absolute Gasteiger partial charge is 0.0951 e. The van der Waals surface area contributed by atoms with Gasteiger partial charge in [0.05, 0.1) is 12.0 Å². The van der Waals surface area contributed by atoms with Crippen molar-refractivity contribution in [1.82, 2.24) is 9.55 Å². The predicted molar refractivity (Wildman–Crippen MR) is 44.5 cm³/mol. The van der Waals surface area contributed by atoms with Crippen LogP contribution in [0.2, 0.25) is 0 Å². The number of aryl methyl sites for hydroxylation is 1. The highest BCUT2D eigenvalue weighted by atomic mass is 15.1. The van der Waals surface area contributed by atoms with Crippen LogP contribution < -0.4 is 0 Å². The minimum atomic E-state index is 0.766. The van der Waals surface area contributed by atoms with Crippen LogP contribution in [0.3, 0.4) is 0 Å². The van der Waals surface area contributed by atoms with E-state index in [4.69, 9.17) is 0 Å². The fraction of sp³-hybridized carbons (Fsp3) is 0.667. The molecular weight excluding hydrogens is 136 g/mol. The number of hydrogen-bond acceptors (Lipinski definition) is 1. The monoisotopic (exact) mass is 150 g/mol. The maximum atomic E-state index is 4.30. The van der Waals surface area contributed by atoms with Crippen molar-refractivity contribution in [3.05, 3.63) is 18.2 Å². The molecule has 0 spiro atoms. The van der Waals surface area contributed by atoms with Crippen molar-refractivity contribution < 1.29 is 0 Å². The van der Waals surface area contributed by atoms with E-state index >= 15 is 0 Å². The third kappa shape index (κ3) is 1.17. The van der Waals surface area contributed by atoms with Gasteiger partial charge >= 0.3 is 0 Å². The molecule has 1 saturated carbocycles. The molecule has 11 heavy (non-hydrogen) atoms. The highest BCUT2D eigenvalue weighted by molar-refractivity contribution is 4.98. The molecule has 0 radical (unpaired) electrons. The zero-order valence-corrected chi connectivity index (χ0v) is 6.95. The van der Waals surface area contributed by atoms with Crippen LogP contribution in [-0.2, 0) is 6.42 Å². The first kappa shape index (κ1) is 6.89. The lowest BCUT2D eigenvalue weighted by Crippen LogP contribution is -2.15. The summed E-state index contributed by atoms with van der Waals surface area (Å²) in [6, 6.07) is 0.766. The zero-order valence-electron chi connectivity index (χ0n) is 6.95. The van der Waals surface area contributed by atoms with E-state index in [0.717, 1.165) is 12.5 Å². The Balaban J connectivity index is 2.11. The molecule has 0 aliphatic heterocycles. The van der Waals surface area contributed by atoms with Crippen molar-refractivity contribution >= 4 is 0 Å². The second-order valence-corrected chi connectivity index (χ2v) is 3.25. The molecule has 2 rings (SSSR count). The summed E-state index contributed by atoms with van der Waals surface area (Å²) in [7, 11) is 0. The van der Waals surface area contributed by atoms with Crippen LogP contribution in [0.25, 0.3) is 0 Å². The van der Waals surface area contributed by atoms with Gasteiger partial charge in [0.2, 0.25) is 0 Å². The molecule has 0 aromatic carbocycles. The van der Waals surface area contributed by atoms with E-state index in [0.29, 0.717) is 0 Å². The summed E-state index contributed by atoms with van der Waals surface area (Å²) in [5, 5.41) is 0. The topological polar surface area (TPSA) is 17.8 Å². The Labute approximate surface area is 67.3 Å². The van der Waals surface area contributed by atoms with Crippen molar-refractivity contribution in [1.29, 1.82) is 0 Å². The van der Waals surface area contributed by atoms with Crippen LogP contribution in [0.5, 0.6) is 0 Å². The molecule has 1 heterocycles. The average molecular weight is 150 g/mol. The van der Waals surface area contributed by atoms with Crippen molar-refractivity contribution in [2.24, 2.45) is 0 Å². The fourth-order valence-corrected chi connectivity index (χ4v) is 1.45. The van der Waals surface area contributed by atoms with E-state index in [2.05, 4.69) is 22.7 Å². The fourth-order valence-electron chi connectivity index (χ4n) is 1.45. The Hall–Kier alpha value is -0.790. The zero-order chi connectivity index (χ0) is 7.68. The first-order valence-electron chi connectivity index (χ1n) is 4.42. The molecule has 2 nitrogen and oxygen atoms in total. The van der Waals surface area contributed by atoms with Crippen molar-refractivity contribution in [3.63, 3.8) is 0 Å². The molecular formula is C9H14N2. The van der Waals surface area contributed by atoms with Gasteiger partial charge in [-0.15, -0.1) is 0 Å². The van der Waals surface area contributed by atoms with Crippen LogP contribution in [0.4, 0.5) is 0 Å². The van der Waals surface area contributed by atoms with E-state index in [1.165, 1.54) is 25.0 Å². The number of imidazole rings is 1. The van der Waals surface area contributed by atoms with Crippen LogP contribution in [0, 0.1) is 0 Å². The normalized spacial score (nSPS) is 18.3. The van der Waals surface area contributed by atoms with Gasteiger partial charge < -0.3 is 4.57 Å².